The van der Waals surface area contributed by atoms with E-state index in [0.29, 0.717) is 5.84 Å². The minimum absolute atomic E-state index is 0.355. The number of nitrogens with one attached hydrogen (secondary N) is 1. The summed E-state index contributed by atoms with van der Waals surface area (Å²) in [6, 6.07) is 8.40. The molecule has 0 aliphatic rings. The monoisotopic (exact) mass is 335 g/mol. The van der Waals surface area contributed by atoms with Gasteiger partial charge < -0.3 is 5.73 Å². The van der Waals surface area contributed by atoms with Crippen molar-refractivity contribution >= 4 is 39.8 Å². The van der Waals surface area contributed by atoms with Crippen LogP contribution in [0.25, 0.3) is 19.6 Å². The summed E-state index contributed by atoms with van der Waals surface area (Å²) < 4.78 is 0. The topological polar surface area (TPSA) is 89.3 Å². The summed E-state index contributed by atoms with van der Waals surface area (Å²) >= 11 is 4.99. The highest BCUT2D eigenvalue weighted by atomic mass is 32.1. The molecule has 0 aliphatic carbocycles. The highest BCUT2D eigenvalue weighted by Crippen LogP contribution is 2.38. The SMILES string of the molecule is Cc1nc(-c2ccc(-c3cccs3)s2)sc1/C(N)=N/NN. The van der Waals surface area contributed by atoms with Gasteiger partial charge in [0.25, 0.3) is 0 Å². The number of thiophene rings is 2. The van der Waals surface area contributed by atoms with E-state index in [1.807, 2.05) is 6.92 Å². The van der Waals surface area contributed by atoms with Crippen LogP contribution in [-0.2, 0) is 0 Å². The average molecular weight is 335 g/mol. The molecule has 3 aromatic rings. The van der Waals surface area contributed by atoms with E-state index < -0.39 is 0 Å². The van der Waals surface area contributed by atoms with Crippen molar-refractivity contribution in [3.05, 3.63) is 40.2 Å². The van der Waals surface area contributed by atoms with Gasteiger partial charge in [-0.05, 0) is 30.5 Å². The Morgan fingerprint density at radius 3 is 2.71 bits per heavy atom. The summed E-state index contributed by atoms with van der Waals surface area (Å²) in [6.45, 7) is 1.92. The van der Waals surface area contributed by atoms with Crippen molar-refractivity contribution < 1.29 is 0 Å². The summed E-state index contributed by atoms with van der Waals surface area (Å²) in [5, 5.41) is 6.84. The number of thiazole rings is 1. The Bertz CT molecular complexity index is 770. The van der Waals surface area contributed by atoms with E-state index in [2.05, 4.69) is 45.3 Å². The number of hydrogen-bond donors (Lipinski definition) is 3. The normalized spacial score (nSPS) is 11.8. The molecule has 0 aliphatic heterocycles. The highest BCUT2D eigenvalue weighted by Gasteiger charge is 2.14. The molecule has 5 nitrogen and oxygen atoms in total. The molecule has 0 aromatic carbocycles. The first-order valence-electron chi connectivity index (χ1n) is 6.09. The van der Waals surface area contributed by atoms with E-state index in [-0.39, 0.29) is 0 Å². The van der Waals surface area contributed by atoms with E-state index in [1.165, 1.54) is 21.1 Å². The highest BCUT2D eigenvalue weighted by molar-refractivity contribution is 7.26. The van der Waals surface area contributed by atoms with E-state index in [0.717, 1.165) is 20.5 Å². The first kappa shape index (κ1) is 14.2. The van der Waals surface area contributed by atoms with E-state index in [9.17, 15) is 0 Å². The largest absolute Gasteiger partial charge is 0.381 e. The van der Waals surface area contributed by atoms with Gasteiger partial charge in [0.1, 0.15) is 5.01 Å². The van der Waals surface area contributed by atoms with Crippen molar-refractivity contribution in [2.75, 3.05) is 0 Å². The minimum Gasteiger partial charge on any atom is -0.381 e. The molecule has 0 atom stereocenters. The van der Waals surface area contributed by atoms with Gasteiger partial charge in [-0.3, -0.25) is 0 Å². The summed E-state index contributed by atoms with van der Waals surface area (Å²) in [5.41, 5.74) is 8.93. The second kappa shape index (κ2) is 5.94. The van der Waals surface area contributed by atoms with E-state index in [1.54, 1.807) is 22.7 Å². The van der Waals surface area contributed by atoms with Gasteiger partial charge in [0.15, 0.2) is 5.84 Å². The lowest BCUT2D eigenvalue weighted by Crippen LogP contribution is -2.22. The van der Waals surface area contributed by atoms with Crippen LogP contribution in [0.15, 0.2) is 34.7 Å². The summed E-state index contributed by atoms with van der Waals surface area (Å²) in [4.78, 5) is 9.08. The second-order valence-electron chi connectivity index (χ2n) is 4.20. The van der Waals surface area contributed by atoms with Gasteiger partial charge in [0.2, 0.25) is 0 Å². The van der Waals surface area contributed by atoms with Crippen LogP contribution in [0.1, 0.15) is 10.6 Å². The van der Waals surface area contributed by atoms with Gasteiger partial charge in [-0.1, -0.05) is 6.07 Å². The summed E-state index contributed by atoms with van der Waals surface area (Å²) in [5.74, 6) is 5.52. The molecule has 0 fully saturated rings. The number of hydrogen-bond acceptors (Lipinski definition) is 7. The fourth-order valence-electron chi connectivity index (χ4n) is 1.86. The van der Waals surface area contributed by atoms with Crippen LogP contribution < -0.4 is 17.1 Å². The molecule has 0 saturated carbocycles. The lowest BCUT2D eigenvalue weighted by molar-refractivity contribution is 0.804. The maximum Gasteiger partial charge on any atom is 0.164 e. The lowest BCUT2D eigenvalue weighted by atomic mass is 10.3. The van der Waals surface area contributed by atoms with Crippen LogP contribution in [0.4, 0.5) is 0 Å². The lowest BCUT2D eigenvalue weighted by Gasteiger charge is -1.95. The molecular weight excluding hydrogens is 322 g/mol. The fourth-order valence-corrected chi connectivity index (χ4v) is 4.73. The van der Waals surface area contributed by atoms with Crippen molar-refractivity contribution in [3.8, 4) is 19.6 Å². The van der Waals surface area contributed by atoms with Crippen molar-refractivity contribution in [1.82, 2.24) is 10.5 Å². The Morgan fingerprint density at radius 2 is 2.00 bits per heavy atom. The Morgan fingerprint density at radius 1 is 1.19 bits per heavy atom. The number of nitrogens with zero attached hydrogens (tertiary/aromatic N) is 2. The van der Waals surface area contributed by atoms with Crippen LogP contribution in [-0.4, -0.2) is 10.8 Å². The number of amidine groups is 1. The molecule has 108 valence electrons. The third-order valence-electron chi connectivity index (χ3n) is 2.80. The number of hydrazine groups is 1. The van der Waals surface area contributed by atoms with Crippen LogP contribution in [0.3, 0.4) is 0 Å². The molecule has 0 radical (unpaired) electrons. The van der Waals surface area contributed by atoms with Crippen molar-refractivity contribution in [3.63, 3.8) is 0 Å². The van der Waals surface area contributed by atoms with Crippen molar-refractivity contribution in [2.24, 2.45) is 16.7 Å². The van der Waals surface area contributed by atoms with Crippen molar-refractivity contribution in [2.45, 2.75) is 6.92 Å². The van der Waals surface area contributed by atoms with Crippen LogP contribution in [0, 0.1) is 6.92 Å². The van der Waals surface area contributed by atoms with Gasteiger partial charge >= 0.3 is 0 Å². The maximum atomic E-state index is 5.86. The van der Waals surface area contributed by atoms with Gasteiger partial charge in [-0.25, -0.2) is 16.4 Å². The second-order valence-corrected chi connectivity index (χ2v) is 7.23. The Labute approximate surface area is 133 Å². The predicted molar refractivity (Wildman–Crippen MR) is 91.5 cm³/mol. The van der Waals surface area contributed by atoms with Gasteiger partial charge in [-0.2, -0.15) is 0 Å². The number of nitrogens with two attached hydrogens (primary N) is 2. The molecule has 0 amide bonds. The first-order chi connectivity index (χ1) is 10.2. The van der Waals surface area contributed by atoms with Crippen LogP contribution in [0.2, 0.25) is 0 Å². The molecule has 3 rings (SSSR count). The minimum atomic E-state index is 0.355. The van der Waals surface area contributed by atoms with Gasteiger partial charge in [0.05, 0.1) is 15.4 Å². The fraction of sp³-hybridized carbons (Fsp3) is 0.0769. The molecule has 8 heteroatoms. The van der Waals surface area contributed by atoms with E-state index in [4.69, 9.17) is 11.6 Å². The summed E-state index contributed by atoms with van der Waals surface area (Å²) in [6.07, 6.45) is 0. The molecule has 21 heavy (non-hydrogen) atoms. The Balaban J connectivity index is 1.95. The molecule has 3 aromatic heterocycles. The third kappa shape index (κ3) is 2.84. The van der Waals surface area contributed by atoms with Gasteiger partial charge in [-0.15, -0.1) is 39.1 Å². The van der Waals surface area contributed by atoms with E-state index >= 15 is 0 Å². The Hall–Kier alpha value is -1.74. The van der Waals surface area contributed by atoms with Crippen LogP contribution >= 0.6 is 34.0 Å². The molecule has 5 N–H and O–H groups in total. The number of rotatable bonds is 4. The molecule has 0 spiro atoms. The molecule has 0 unspecified atom stereocenters. The first-order valence-corrected chi connectivity index (χ1v) is 8.61. The van der Waals surface area contributed by atoms with Gasteiger partial charge in [0, 0.05) is 9.75 Å². The van der Waals surface area contributed by atoms with Crippen LogP contribution in [0.5, 0.6) is 0 Å². The number of hydrazone groups is 1. The zero-order chi connectivity index (χ0) is 14.8. The summed E-state index contributed by atoms with van der Waals surface area (Å²) in [7, 11) is 0. The van der Waals surface area contributed by atoms with Crippen molar-refractivity contribution in [1.29, 1.82) is 0 Å². The molecule has 0 bridgehead atoms. The predicted octanol–water partition coefficient (Wildman–Crippen LogP) is 2.99. The molecular formula is C13H13N5S3. The number of aromatic nitrogens is 1. The zero-order valence-electron chi connectivity index (χ0n) is 11.2. The molecule has 3 heterocycles. The smallest absolute Gasteiger partial charge is 0.164 e. The number of aryl methyl sites for hydroxylation is 1. The average Bonchev–Trinajstić information content (AvgIpc) is 3.18. The zero-order valence-corrected chi connectivity index (χ0v) is 13.6. The molecule has 0 saturated heterocycles. The quantitative estimate of drug-likeness (QED) is 0.296. The third-order valence-corrected chi connectivity index (χ3v) is 6.30. The Kier molecular flexibility index (Phi) is 4.02. The standard InChI is InChI=1S/C13H13N5S3/c1-7-11(12(14)17-18-15)21-13(16-7)10-5-4-9(20-10)8-3-2-6-19-8/h2-6,18H,15H2,1H3,(H2,14,17). The maximum absolute atomic E-state index is 5.86.